The molecule has 1 aromatic carbocycles. The van der Waals surface area contributed by atoms with Crippen molar-refractivity contribution in [2.75, 3.05) is 18.1 Å². The molecule has 0 bridgehead atoms. The normalized spacial score (nSPS) is 18.8. The molecule has 104 valence electrons. The van der Waals surface area contributed by atoms with Gasteiger partial charge in [0.25, 0.3) is 0 Å². The second-order valence-electron chi connectivity index (χ2n) is 5.18. The van der Waals surface area contributed by atoms with E-state index < -0.39 is 5.97 Å². The fraction of sp³-hybridized carbons (Fsp3) is 0.533. The summed E-state index contributed by atoms with van der Waals surface area (Å²) < 4.78 is 0. The Kier molecular flexibility index (Phi) is 4.43. The fourth-order valence-corrected chi connectivity index (χ4v) is 2.85. The van der Waals surface area contributed by atoms with Crippen LogP contribution in [-0.4, -0.2) is 35.4 Å². The molecule has 1 aromatic rings. The van der Waals surface area contributed by atoms with Crippen LogP contribution in [0.5, 0.6) is 0 Å². The van der Waals surface area contributed by atoms with Crippen LogP contribution in [0.2, 0.25) is 0 Å². The van der Waals surface area contributed by atoms with Crippen LogP contribution in [0.3, 0.4) is 0 Å². The van der Waals surface area contributed by atoms with Gasteiger partial charge in [0.05, 0.1) is 11.3 Å². The molecule has 1 heterocycles. The largest absolute Gasteiger partial charge is 0.478 e. The van der Waals surface area contributed by atoms with Gasteiger partial charge in [-0.3, -0.25) is 0 Å². The van der Waals surface area contributed by atoms with Gasteiger partial charge >= 0.3 is 5.97 Å². The second-order valence-corrected chi connectivity index (χ2v) is 5.18. The van der Waals surface area contributed by atoms with E-state index >= 15 is 0 Å². The van der Waals surface area contributed by atoms with Gasteiger partial charge in [-0.15, -0.1) is 0 Å². The first-order valence-corrected chi connectivity index (χ1v) is 6.85. The molecule has 1 unspecified atom stereocenters. The van der Waals surface area contributed by atoms with Crippen molar-refractivity contribution >= 4 is 11.7 Å². The molecule has 1 aliphatic rings. The zero-order valence-corrected chi connectivity index (χ0v) is 11.3. The van der Waals surface area contributed by atoms with Crippen molar-refractivity contribution in [3.05, 3.63) is 29.3 Å². The third kappa shape index (κ3) is 3.07. The van der Waals surface area contributed by atoms with Gasteiger partial charge in [0.2, 0.25) is 0 Å². The number of anilines is 1. The highest BCUT2D eigenvalue weighted by Crippen LogP contribution is 2.31. The van der Waals surface area contributed by atoms with Gasteiger partial charge in [0, 0.05) is 19.2 Å². The summed E-state index contributed by atoms with van der Waals surface area (Å²) in [5, 5.41) is 18.3. The molecular formula is C15H21NO3. The van der Waals surface area contributed by atoms with Gasteiger partial charge in [-0.05, 0) is 44.7 Å². The number of carboxylic acids is 1. The number of aliphatic hydroxyl groups excluding tert-OH is 1. The van der Waals surface area contributed by atoms with Gasteiger partial charge < -0.3 is 15.1 Å². The van der Waals surface area contributed by atoms with Crippen molar-refractivity contribution in [1.82, 2.24) is 0 Å². The molecule has 0 saturated carbocycles. The number of rotatable bonds is 5. The lowest BCUT2D eigenvalue weighted by Gasteiger charge is -2.28. The maximum Gasteiger partial charge on any atom is 0.337 e. The van der Waals surface area contributed by atoms with E-state index in [-0.39, 0.29) is 6.61 Å². The van der Waals surface area contributed by atoms with Gasteiger partial charge in [0.15, 0.2) is 0 Å². The van der Waals surface area contributed by atoms with Gasteiger partial charge in [-0.1, -0.05) is 11.6 Å². The molecule has 4 heteroatoms. The lowest BCUT2D eigenvalue weighted by Crippen LogP contribution is -2.30. The van der Waals surface area contributed by atoms with Crippen molar-refractivity contribution in [3.63, 3.8) is 0 Å². The van der Waals surface area contributed by atoms with Crippen molar-refractivity contribution < 1.29 is 15.0 Å². The summed E-state index contributed by atoms with van der Waals surface area (Å²) in [7, 11) is 0. The average Bonchev–Trinajstić information content (AvgIpc) is 2.84. The number of aromatic carboxylic acids is 1. The Labute approximate surface area is 113 Å². The van der Waals surface area contributed by atoms with E-state index in [9.17, 15) is 9.90 Å². The van der Waals surface area contributed by atoms with Crippen LogP contribution in [0.1, 0.15) is 41.6 Å². The van der Waals surface area contributed by atoms with E-state index in [0.29, 0.717) is 11.6 Å². The highest BCUT2D eigenvalue weighted by Gasteiger charge is 2.27. The highest BCUT2D eigenvalue weighted by atomic mass is 16.4. The summed E-state index contributed by atoms with van der Waals surface area (Å²) in [6.07, 6.45) is 3.86. The van der Waals surface area contributed by atoms with E-state index in [4.69, 9.17) is 5.11 Å². The Morgan fingerprint density at radius 1 is 1.47 bits per heavy atom. The standard InChI is InChI=1S/C15H21NO3/c1-11-6-7-14(13(10-11)15(18)19)16-8-2-4-12(16)5-3-9-17/h6-7,10,12,17H,2-5,8-9H2,1H3,(H,18,19). The zero-order valence-electron chi connectivity index (χ0n) is 11.3. The number of carbonyl (C=O) groups is 1. The summed E-state index contributed by atoms with van der Waals surface area (Å²) in [6, 6.07) is 5.96. The molecule has 1 aliphatic heterocycles. The number of aliphatic hydroxyl groups is 1. The van der Waals surface area contributed by atoms with Crippen LogP contribution >= 0.6 is 0 Å². The summed E-state index contributed by atoms with van der Waals surface area (Å²) in [6.45, 7) is 3.01. The summed E-state index contributed by atoms with van der Waals surface area (Å²) >= 11 is 0. The number of nitrogens with zero attached hydrogens (tertiary/aromatic N) is 1. The van der Waals surface area contributed by atoms with Crippen molar-refractivity contribution in [1.29, 1.82) is 0 Å². The van der Waals surface area contributed by atoms with Crippen LogP contribution in [0.4, 0.5) is 5.69 Å². The van der Waals surface area contributed by atoms with Crippen LogP contribution < -0.4 is 4.90 Å². The quantitative estimate of drug-likeness (QED) is 0.856. The topological polar surface area (TPSA) is 60.8 Å². The fourth-order valence-electron chi connectivity index (χ4n) is 2.85. The number of benzene rings is 1. The molecule has 19 heavy (non-hydrogen) atoms. The van der Waals surface area contributed by atoms with Crippen LogP contribution in [0, 0.1) is 6.92 Å². The lowest BCUT2D eigenvalue weighted by atomic mass is 10.1. The first-order chi connectivity index (χ1) is 9.13. The SMILES string of the molecule is Cc1ccc(N2CCCC2CCCO)c(C(=O)O)c1. The highest BCUT2D eigenvalue weighted by molar-refractivity contribution is 5.94. The first-order valence-electron chi connectivity index (χ1n) is 6.85. The maximum absolute atomic E-state index is 11.4. The van der Waals surface area contributed by atoms with Gasteiger partial charge in [-0.25, -0.2) is 4.79 Å². The third-order valence-corrected chi connectivity index (χ3v) is 3.76. The number of hydrogen-bond donors (Lipinski definition) is 2. The Balaban J connectivity index is 2.27. The molecule has 0 aromatic heterocycles. The molecule has 0 aliphatic carbocycles. The van der Waals surface area contributed by atoms with Crippen molar-refractivity contribution in [2.45, 2.75) is 38.6 Å². The molecular weight excluding hydrogens is 242 g/mol. The molecule has 0 spiro atoms. The Bertz CT molecular complexity index is 459. The monoisotopic (exact) mass is 263 g/mol. The second kappa shape index (κ2) is 6.06. The van der Waals surface area contributed by atoms with Gasteiger partial charge in [-0.2, -0.15) is 0 Å². The Hall–Kier alpha value is -1.55. The first kappa shape index (κ1) is 13.9. The van der Waals surface area contributed by atoms with E-state index in [0.717, 1.165) is 43.5 Å². The molecule has 2 rings (SSSR count). The minimum absolute atomic E-state index is 0.198. The zero-order chi connectivity index (χ0) is 13.8. The lowest BCUT2D eigenvalue weighted by molar-refractivity contribution is 0.0697. The summed E-state index contributed by atoms with van der Waals surface area (Å²) in [4.78, 5) is 13.6. The molecule has 2 N–H and O–H groups in total. The Morgan fingerprint density at radius 2 is 2.26 bits per heavy atom. The Morgan fingerprint density at radius 3 is 2.95 bits per heavy atom. The van der Waals surface area contributed by atoms with Crippen LogP contribution in [-0.2, 0) is 0 Å². The number of carboxylic acid groups (broad SMARTS) is 1. The molecule has 1 fully saturated rings. The number of aryl methyl sites for hydroxylation is 1. The maximum atomic E-state index is 11.4. The van der Waals surface area contributed by atoms with E-state index in [1.807, 2.05) is 19.1 Å². The number of hydrogen-bond acceptors (Lipinski definition) is 3. The smallest absolute Gasteiger partial charge is 0.337 e. The van der Waals surface area contributed by atoms with Crippen LogP contribution in [0.25, 0.3) is 0 Å². The average molecular weight is 263 g/mol. The molecule has 4 nitrogen and oxygen atoms in total. The third-order valence-electron chi connectivity index (χ3n) is 3.76. The van der Waals surface area contributed by atoms with Crippen molar-refractivity contribution in [3.8, 4) is 0 Å². The minimum atomic E-state index is -0.869. The predicted octanol–water partition coefficient (Wildman–Crippen LogP) is 2.43. The minimum Gasteiger partial charge on any atom is -0.478 e. The van der Waals surface area contributed by atoms with Crippen LogP contribution in [0.15, 0.2) is 18.2 Å². The molecule has 1 atom stereocenters. The van der Waals surface area contributed by atoms with Crippen molar-refractivity contribution in [2.24, 2.45) is 0 Å². The van der Waals surface area contributed by atoms with E-state index in [2.05, 4.69) is 4.90 Å². The molecule has 1 saturated heterocycles. The summed E-state index contributed by atoms with van der Waals surface area (Å²) in [5.74, 6) is -0.869. The van der Waals surface area contributed by atoms with Gasteiger partial charge in [0.1, 0.15) is 0 Å². The molecule has 0 radical (unpaired) electrons. The predicted molar refractivity (Wildman–Crippen MR) is 74.8 cm³/mol. The van der Waals surface area contributed by atoms with E-state index in [1.54, 1.807) is 6.07 Å². The molecule has 0 amide bonds. The summed E-state index contributed by atoms with van der Waals surface area (Å²) in [5.41, 5.74) is 2.17. The van der Waals surface area contributed by atoms with E-state index in [1.165, 1.54) is 0 Å².